The van der Waals surface area contributed by atoms with Gasteiger partial charge >= 0.3 is 0 Å². The molecule has 1 amide bonds. The first-order valence-electron chi connectivity index (χ1n) is 8.14. The SMILES string of the molecule is C#CCCC1(CCC(=O)N2CCOCC2c2cccc(F)c2)N=N1. The minimum atomic E-state index is -0.456. The van der Waals surface area contributed by atoms with E-state index >= 15 is 0 Å². The van der Waals surface area contributed by atoms with Crippen molar-refractivity contribution < 1.29 is 13.9 Å². The van der Waals surface area contributed by atoms with Crippen LogP contribution in [0.1, 0.15) is 37.3 Å². The maximum atomic E-state index is 13.5. The van der Waals surface area contributed by atoms with Crippen LogP contribution in [0.3, 0.4) is 0 Å². The van der Waals surface area contributed by atoms with Crippen molar-refractivity contribution in [3.63, 3.8) is 0 Å². The second-order valence-corrected chi connectivity index (χ2v) is 6.12. The fourth-order valence-corrected chi connectivity index (χ4v) is 3.01. The Labute approximate surface area is 140 Å². The largest absolute Gasteiger partial charge is 0.377 e. The quantitative estimate of drug-likeness (QED) is 0.753. The topological polar surface area (TPSA) is 54.3 Å². The van der Waals surface area contributed by atoms with Crippen molar-refractivity contribution in [2.75, 3.05) is 19.8 Å². The van der Waals surface area contributed by atoms with Gasteiger partial charge in [-0.05, 0) is 17.7 Å². The molecule has 5 nitrogen and oxygen atoms in total. The lowest BCUT2D eigenvalue weighted by Gasteiger charge is -2.36. The van der Waals surface area contributed by atoms with Crippen molar-refractivity contribution in [3.8, 4) is 12.3 Å². The summed E-state index contributed by atoms with van der Waals surface area (Å²) in [6.45, 7) is 1.38. The molecule has 2 aliphatic heterocycles. The number of ether oxygens (including phenoxy) is 1. The van der Waals surface area contributed by atoms with E-state index in [1.165, 1.54) is 12.1 Å². The molecule has 24 heavy (non-hydrogen) atoms. The van der Waals surface area contributed by atoms with Crippen molar-refractivity contribution in [1.29, 1.82) is 0 Å². The molecule has 0 saturated carbocycles. The van der Waals surface area contributed by atoms with E-state index in [9.17, 15) is 9.18 Å². The van der Waals surface area contributed by atoms with Crippen LogP contribution in [0.4, 0.5) is 4.39 Å². The number of hydrogen-bond donors (Lipinski definition) is 0. The van der Waals surface area contributed by atoms with E-state index < -0.39 is 5.66 Å². The number of benzene rings is 1. The molecule has 0 bridgehead atoms. The zero-order valence-electron chi connectivity index (χ0n) is 13.4. The molecule has 0 aliphatic carbocycles. The number of rotatable bonds is 6. The molecule has 0 radical (unpaired) electrons. The fraction of sp³-hybridized carbons (Fsp3) is 0.500. The monoisotopic (exact) mass is 329 g/mol. The third-order valence-electron chi connectivity index (χ3n) is 4.47. The molecule has 1 unspecified atom stereocenters. The van der Waals surface area contributed by atoms with Gasteiger partial charge in [-0.25, -0.2) is 4.39 Å². The van der Waals surface area contributed by atoms with Gasteiger partial charge in [0.2, 0.25) is 5.91 Å². The molecule has 0 aromatic heterocycles. The summed E-state index contributed by atoms with van der Waals surface area (Å²) >= 11 is 0. The van der Waals surface area contributed by atoms with Gasteiger partial charge in [0.25, 0.3) is 0 Å². The molecule has 2 aliphatic rings. The van der Waals surface area contributed by atoms with E-state index in [2.05, 4.69) is 16.1 Å². The minimum Gasteiger partial charge on any atom is -0.377 e. The van der Waals surface area contributed by atoms with Crippen molar-refractivity contribution in [2.24, 2.45) is 10.2 Å². The third kappa shape index (κ3) is 3.80. The van der Waals surface area contributed by atoms with Gasteiger partial charge in [0.1, 0.15) is 5.82 Å². The second-order valence-electron chi connectivity index (χ2n) is 6.12. The highest BCUT2D eigenvalue weighted by Gasteiger charge is 2.40. The standard InChI is InChI=1S/C18H20FN3O2/c1-2-3-8-18(20-21-18)9-7-17(23)22-10-11-24-13-16(22)14-5-4-6-15(19)12-14/h1,4-6,12,16H,3,7-11,13H2. The number of hydrogen-bond acceptors (Lipinski definition) is 4. The normalized spacial score (nSPS) is 21.3. The van der Waals surface area contributed by atoms with Crippen LogP contribution in [0, 0.1) is 18.2 Å². The van der Waals surface area contributed by atoms with Crippen LogP contribution in [-0.4, -0.2) is 36.2 Å². The van der Waals surface area contributed by atoms with Gasteiger partial charge in [-0.2, -0.15) is 10.2 Å². The van der Waals surface area contributed by atoms with Crippen molar-refractivity contribution in [1.82, 2.24) is 4.90 Å². The molecule has 1 aromatic rings. The summed E-state index contributed by atoms with van der Waals surface area (Å²) < 4.78 is 19.0. The Morgan fingerprint density at radius 2 is 2.29 bits per heavy atom. The summed E-state index contributed by atoms with van der Waals surface area (Å²) in [6, 6.07) is 6.07. The van der Waals surface area contributed by atoms with Crippen molar-refractivity contribution in [2.45, 2.75) is 37.4 Å². The third-order valence-corrected chi connectivity index (χ3v) is 4.47. The van der Waals surface area contributed by atoms with E-state index in [0.717, 1.165) is 5.56 Å². The van der Waals surface area contributed by atoms with Gasteiger partial charge in [-0.1, -0.05) is 12.1 Å². The predicted octanol–water partition coefficient (Wildman–Crippen LogP) is 3.08. The highest BCUT2D eigenvalue weighted by atomic mass is 19.1. The van der Waals surface area contributed by atoms with Crippen LogP contribution < -0.4 is 0 Å². The van der Waals surface area contributed by atoms with Crippen LogP contribution >= 0.6 is 0 Å². The molecular weight excluding hydrogens is 309 g/mol. The van der Waals surface area contributed by atoms with Crippen LogP contribution in [0.25, 0.3) is 0 Å². The number of terminal acetylenes is 1. The molecule has 1 atom stereocenters. The van der Waals surface area contributed by atoms with Crippen molar-refractivity contribution in [3.05, 3.63) is 35.6 Å². The van der Waals surface area contributed by atoms with E-state index in [0.29, 0.717) is 45.4 Å². The lowest BCUT2D eigenvalue weighted by atomic mass is 10.00. The predicted molar refractivity (Wildman–Crippen MR) is 86.6 cm³/mol. The lowest BCUT2D eigenvalue weighted by Crippen LogP contribution is -2.43. The van der Waals surface area contributed by atoms with E-state index in [1.807, 2.05) is 6.07 Å². The molecule has 126 valence electrons. The van der Waals surface area contributed by atoms with E-state index in [4.69, 9.17) is 11.2 Å². The summed E-state index contributed by atoms with van der Waals surface area (Å²) in [5.74, 6) is 2.29. The Balaban J connectivity index is 1.63. The van der Waals surface area contributed by atoms with Crippen molar-refractivity contribution >= 4 is 5.91 Å². The number of carbonyl (C=O) groups is 1. The Morgan fingerprint density at radius 3 is 3.00 bits per heavy atom. The number of halogens is 1. The molecule has 0 N–H and O–H groups in total. The second kappa shape index (κ2) is 7.10. The summed E-state index contributed by atoms with van der Waals surface area (Å²) in [6.07, 6.45) is 7.49. The molecule has 1 saturated heterocycles. The smallest absolute Gasteiger partial charge is 0.223 e. The number of carbonyl (C=O) groups excluding carboxylic acids is 1. The fourth-order valence-electron chi connectivity index (χ4n) is 3.01. The zero-order chi connectivity index (χ0) is 17.0. The molecule has 1 aromatic carbocycles. The highest BCUT2D eigenvalue weighted by molar-refractivity contribution is 5.77. The first-order valence-corrected chi connectivity index (χ1v) is 8.14. The average molecular weight is 329 g/mol. The lowest BCUT2D eigenvalue weighted by molar-refractivity contribution is -0.140. The maximum absolute atomic E-state index is 13.5. The zero-order valence-corrected chi connectivity index (χ0v) is 13.4. The molecule has 6 heteroatoms. The number of morpholine rings is 1. The van der Waals surface area contributed by atoms with Gasteiger partial charge in [0.05, 0.1) is 19.3 Å². The molecule has 3 rings (SSSR count). The first-order chi connectivity index (χ1) is 11.6. The van der Waals surface area contributed by atoms with Crippen LogP contribution in [0.5, 0.6) is 0 Å². The Bertz CT molecular complexity index is 677. The summed E-state index contributed by atoms with van der Waals surface area (Å²) in [5, 5.41) is 8.12. The van der Waals surface area contributed by atoms with Gasteiger partial charge in [-0.15, -0.1) is 12.3 Å². The number of amides is 1. The Hall–Kier alpha value is -2.26. The highest BCUT2D eigenvalue weighted by Crippen LogP contribution is 2.38. The number of nitrogens with zero attached hydrogens (tertiary/aromatic N) is 3. The minimum absolute atomic E-state index is 0.0185. The Morgan fingerprint density at radius 1 is 1.46 bits per heavy atom. The van der Waals surface area contributed by atoms with E-state index in [1.54, 1.807) is 11.0 Å². The molecule has 2 heterocycles. The summed E-state index contributed by atoms with van der Waals surface area (Å²) in [7, 11) is 0. The average Bonchev–Trinajstić information content (AvgIpc) is 3.38. The van der Waals surface area contributed by atoms with Gasteiger partial charge < -0.3 is 9.64 Å². The van der Waals surface area contributed by atoms with Crippen LogP contribution in [0.2, 0.25) is 0 Å². The van der Waals surface area contributed by atoms with Gasteiger partial charge in [0, 0.05) is 32.2 Å². The Kier molecular flexibility index (Phi) is 4.91. The molecule has 1 fully saturated rings. The van der Waals surface area contributed by atoms with Gasteiger partial charge in [-0.3, -0.25) is 4.79 Å². The molecule has 0 spiro atoms. The van der Waals surface area contributed by atoms with Gasteiger partial charge in [0.15, 0.2) is 5.66 Å². The summed E-state index contributed by atoms with van der Waals surface area (Å²) in [4.78, 5) is 14.4. The van der Waals surface area contributed by atoms with Crippen LogP contribution in [0.15, 0.2) is 34.5 Å². The maximum Gasteiger partial charge on any atom is 0.223 e. The van der Waals surface area contributed by atoms with Crippen LogP contribution in [-0.2, 0) is 9.53 Å². The van der Waals surface area contributed by atoms with E-state index in [-0.39, 0.29) is 17.8 Å². The summed E-state index contributed by atoms with van der Waals surface area (Å²) in [5.41, 5.74) is 0.300. The molecular formula is C18H20FN3O2. The first kappa shape index (κ1) is 16.6.